The van der Waals surface area contributed by atoms with Crippen molar-refractivity contribution in [2.75, 3.05) is 11.9 Å². The van der Waals surface area contributed by atoms with Crippen LogP contribution in [0.15, 0.2) is 35.7 Å². The summed E-state index contributed by atoms with van der Waals surface area (Å²) in [5.74, 6) is 0. The highest BCUT2D eigenvalue weighted by molar-refractivity contribution is 7.09. The van der Waals surface area contributed by atoms with Gasteiger partial charge in [0.2, 0.25) is 0 Å². The van der Waals surface area contributed by atoms with Crippen molar-refractivity contribution in [2.24, 2.45) is 0 Å². The maximum absolute atomic E-state index is 3.54. The molecule has 2 aromatic rings. The Morgan fingerprint density at radius 3 is 3.06 bits per heavy atom. The fraction of sp³-hybridized carbons (Fsp3) is 0.333. The second kappa shape index (κ2) is 5.55. The van der Waals surface area contributed by atoms with Crippen LogP contribution in [0.25, 0.3) is 0 Å². The summed E-state index contributed by atoms with van der Waals surface area (Å²) in [5.41, 5.74) is 4.27. The summed E-state index contributed by atoms with van der Waals surface area (Å²) < 4.78 is 0. The van der Waals surface area contributed by atoms with E-state index in [1.54, 1.807) is 0 Å². The van der Waals surface area contributed by atoms with Crippen LogP contribution in [0, 0.1) is 0 Å². The van der Waals surface area contributed by atoms with Gasteiger partial charge in [-0.05, 0) is 41.5 Å². The minimum Gasteiger partial charge on any atom is -0.385 e. The van der Waals surface area contributed by atoms with Gasteiger partial charge in [-0.2, -0.15) is 0 Å². The third kappa shape index (κ3) is 2.57. The van der Waals surface area contributed by atoms with E-state index < -0.39 is 0 Å². The molecule has 0 saturated heterocycles. The van der Waals surface area contributed by atoms with Gasteiger partial charge in [0.25, 0.3) is 0 Å². The fourth-order valence-electron chi connectivity index (χ4n) is 2.48. The molecule has 0 amide bonds. The first-order chi connectivity index (χ1) is 8.93. The first-order valence-corrected chi connectivity index (χ1v) is 7.39. The molecule has 0 spiro atoms. The van der Waals surface area contributed by atoms with E-state index in [1.807, 2.05) is 11.3 Å². The third-order valence-corrected chi connectivity index (χ3v) is 4.26. The van der Waals surface area contributed by atoms with E-state index in [4.69, 9.17) is 0 Å². The first-order valence-electron chi connectivity index (χ1n) is 6.51. The molecular formula is C15H18N2S. The molecule has 0 aliphatic carbocycles. The second-order valence-corrected chi connectivity index (χ2v) is 5.69. The summed E-state index contributed by atoms with van der Waals surface area (Å²) in [4.78, 5) is 1.40. The van der Waals surface area contributed by atoms with Crippen LogP contribution >= 0.6 is 11.3 Å². The minimum atomic E-state index is 0.961. The Hall–Kier alpha value is -1.32. The van der Waals surface area contributed by atoms with Crippen molar-refractivity contribution in [1.29, 1.82) is 0 Å². The number of fused-ring (bicyclic) bond motifs is 1. The lowest BCUT2D eigenvalue weighted by Crippen LogP contribution is -2.17. The number of rotatable bonds is 4. The highest BCUT2D eigenvalue weighted by atomic mass is 32.1. The van der Waals surface area contributed by atoms with Gasteiger partial charge < -0.3 is 10.6 Å². The van der Waals surface area contributed by atoms with Gasteiger partial charge in [-0.1, -0.05) is 18.2 Å². The summed E-state index contributed by atoms with van der Waals surface area (Å²) in [6, 6.07) is 10.9. The summed E-state index contributed by atoms with van der Waals surface area (Å²) in [7, 11) is 0. The van der Waals surface area contributed by atoms with Gasteiger partial charge in [-0.25, -0.2) is 0 Å². The van der Waals surface area contributed by atoms with Crippen molar-refractivity contribution >= 4 is 17.0 Å². The lowest BCUT2D eigenvalue weighted by Gasteiger charge is -2.21. The molecule has 2 nitrogen and oxygen atoms in total. The zero-order chi connectivity index (χ0) is 12.2. The molecule has 0 radical (unpaired) electrons. The van der Waals surface area contributed by atoms with E-state index in [9.17, 15) is 0 Å². The van der Waals surface area contributed by atoms with Gasteiger partial charge in [-0.15, -0.1) is 11.3 Å². The van der Waals surface area contributed by atoms with Gasteiger partial charge in [0.05, 0.1) is 0 Å². The standard InChI is InChI=1S/C15H18N2S/c1-4-12(10-16-11-13-5-3-9-18-13)14-6-2-8-17-15(14)7-1/h1,3-5,7,9,16-17H,2,6,8,10-11H2. The Kier molecular flexibility index (Phi) is 3.62. The number of benzene rings is 1. The normalized spacial score (nSPS) is 14.0. The van der Waals surface area contributed by atoms with Crippen LogP contribution in [0.2, 0.25) is 0 Å². The molecule has 3 rings (SSSR count). The molecule has 1 aliphatic rings. The van der Waals surface area contributed by atoms with Crippen LogP contribution in [0.1, 0.15) is 22.4 Å². The van der Waals surface area contributed by atoms with Crippen LogP contribution < -0.4 is 10.6 Å². The fourth-order valence-corrected chi connectivity index (χ4v) is 3.16. The lowest BCUT2D eigenvalue weighted by molar-refractivity contribution is 0.689. The van der Waals surface area contributed by atoms with Crippen LogP contribution in [0.5, 0.6) is 0 Å². The van der Waals surface area contributed by atoms with Crippen molar-refractivity contribution < 1.29 is 0 Å². The third-order valence-electron chi connectivity index (χ3n) is 3.39. The van der Waals surface area contributed by atoms with Crippen molar-refractivity contribution in [2.45, 2.75) is 25.9 Å². The Bertz CT molecular complexity index is 505. The van der Waals surface area contributed by atoms with E-state index in [1.165, 1.54) is 34.5 Å². The maximum atomic E-state index is 3.54. The lowest BCUT2D eigenvalue weighted by atomic mass is 9.97. The molecule has 18 heavy (non-hydrogen) atoms. The highest BCUT2D eigenvalue weighted by Crippen LogP contribution is 2.25. The molecule has 0 saturated carbocycles. The molecule has 2 heterocycles. The summed E-state index contributed by atoms with van der Waals surface area (Å²) in [5, 5.41) is 9.15. The number of anilines is 1. The zero-order valence-electron chi connectivity index (χ0n) is 10.4. The number of nitrogens with one attached hydrogen (secondary N) is 2. The highest BCUT2D eigenvalue weighted by Gasteiger charge is 2.11. The van der Waals surface area contributed by atoms with Gasteiger partial charge in [-0.3, -0.25) is 0 Å². The molecule has 1 aliphatic heterocycles. The second-order valence-electron chi connectivity index (χ2n) is 4.66. The maximum Gasteiger partial charge on any atom is 0.0375 e. The number of hydrogen-bond donors (Lipinski definition) is 2. The van der Waals surface area contributed by atoms with Crippen LogP contribution in [0.4, 0.5) is 5.69 Å². The van der Waals surface area contributed by atoms with Crippen molar-refractivity contribution in [3.63, 3.8) is 0 Å². The van der Waals surface area contributed by atoms with E-state index in [-0.39, 0.29) is 0 Å². The molecular weight excluding hydrogens is 240 g/mol. The molecule has 94 valence electrons. The monoisotopic (exact) mass is 258 g/mol. The smallest absolute Gasteiger partial charge is 0.0375 e. The van der Waals surface area contributed by atoms with E-state index in [0.717, 1.165) is 19.6 Å². The zero-order valence-corrected chi connectivity index (χ0v) is 11.2. The Labute approximate surface area is 112 Å². The quantitative estimate of drug-likeness (QED) is 0.878. The minimum absolute atomic E-state index is 0.961. The molecule has 0 fully saturated rings. The summed E-state index contributed by atoms with van der Waals surface area (Å²) >= 11 is 1.81. The predicted octanol–water partition coefficient (Wildman–Crippen LogP) is 3.40. The molecule has 3 heteroatoms. The SMILES string of the molecule is c1csc(CNCc2cccc3c2CCCN3)c1. The van der Waals surface area contributed by atoms with Gasteiger partial charge >= 0.3 is 0 Å². The average molecular weight is 258 g/mol. The summed E-state index contributed by atoms with van der Waals surface area (Å²) in [6.45, 7) is 3.04. The molecule has 0 atom stereocenters. The number of hydrogen-bond acceptors (Lipinski definition) is 3. The van der Waals surface area contributed by atoms with Crippen molar-refractivity contribution in [3.8, 4) is 0 Å². The van der Waals surface area contributed by atoms with Gasteiger partial charge in [0.1, 0.15) is 0 Å². The molecule has 0 bridgehead atoms. The largest absolute Gasteiger partial charge is 0.385 e. The summed E-state index contributed by atoms with van der Waals surface area (Å²) in [6.07, 6.45) is 2.45. The molecule has 2 N–H and O–H groups in total. The van der Waals surface area contributed by atoms with Gasteiger partial charge in [0.15, 0.2) is 0 Å². The Balaban J connectivity index is 1.65. The molecule has 1 aromatic heterocycles. The van der Waals surface area contributed by atoms with E-state index >= 15 is 0 Å². The van der Waals surface area contributed by atoms with Crippen LogP contribution in [-0.2, 0) is 19.5 Å². The first kappa shape index (κ1) is 11.8. The van der Waals surface area contributed by atoms with Gasteiger partial charge in [0, 0.05) is 30.2 Å². The Morgan fingerprint density at radius 2 is 2.17 bits per heavy atom. The van der Waals surface area contributed by atoms with Crippen molar-refractivity contribution in [3.05, 3.63) is 51.7 Å². The topological polar surface area (TPSA) is 24.1 Å². The van der Waals surface area contributed by atoms with Crippen LogP contribution in [-0.4, -0.2) is 6.54 Å². The molecule has 1 aromatic carbocycles. The van der Waals surface area contributed by atoms with Crippen LogP contribution in [0.3, 0.4) is 0 Å². The Morgan fingerprint density at radius 1 is 1.17 bits per heavy atom. The van der Waals surface area contributed by atoms with Crippen molar-refractivity contribution in [1.82, 2.24) is 5.32 Å². The van der Waals surface area contributed by atoms with E-state index in [2.05, 4.69) is 46.3 Å². The van der Waals surface area contributed by atoms with E-state index in [0.29, 0.717) is 0 Å². The predicted molar refractivity (Wildman–Crippen MR) is 78.1 cm³/mol. The molecule has 0 unspecified atom stereocenters. The number of thiophene rings is 1. The average Bonchev–Trinajstić information content (AvgIpc) is 2.92.